The maximum absolute atomic E-state index is 13.1. The molecule has 3 nitrogen and oxygen atoms in total. The molecule has 0 unspecified atom stereocenters. The normalized spacial score (nSPS) is 13.0. The predicted molar refractivity (Wildman–Crippen MR) is 103 cm³/mol. The monoisotopic (exact) mass is 414 g/mol. The van der Waals surface area contributed by atoms with Crippen LogP contribution in [0.5, 0.6) is 0 Å². The number of anilines is 1. The molecule has 0 aliphatic heterocycles. The van der Waals surface area contributed by atoms with Crippen molar-refractivity contribution < 1.29 is 18.3 Å². The number of benzene rings is 2. The van der Waals surface area contributed by atoms with E-state index in [9.17, 15) is 18.3 Å². The standard InChI is InChI=1S/C19H15Cl2F3N2O/c1-26(2)17-14-5-3-4-13(10-6-11(20)8-12(21)7-10)16(14)25-9-15(17)18(27)19(22,23)24/h3-9,18,27H,1-2H3/t18-/m1/s1. The summed E-state index contributed by atoms with van der Waals surface area (Å²) in [5.74, 6) is 0. The van der Waals surface area contributed by atoms with Crippen LogP contribution in [0.1, 0.15) is 11.7 Å². The van der Waals surface area contributed by atoms with Gasteiger partial charge in [-0.2, -0.15) is 13.2 Å². The number of aliphatic hydroxyl groups is 1. The van der Waals surface area contributed by atoms with Crippen molar-refractivity contribution in [2.75, 3.05) is 19.0 Å². The van der Waals surface area contributed by atoms with Gasteiger partial charge in [-0.25, -0.2) is 0 Å². The van der Waals surface area contributed by atoms with E-state index in [0.29, 0.717) is 32.1 Å². The first kappa shape index (κ1) is 19.7. The van der Waals surface area contributed by atoms with Crippen molar-refractivity contribution in [3.05, 3.63) is 58.2 Å². The van der Waals surface area contributed by atoms with Crippen molar-refractivity contribution in [2.45, 2.75) is 12.3 Å². The number of pyridine rings is 1. The van der Waals surface area contributed by atoms with E-state index >= 15 is 0 Å². The van der Waals surface area contributed by atoms with Gasteiger partial charge in [-0.05, 0) is 23.8 Å². The molecule has 0 amide bonds. The number of nitrogens with zero attached hydrogens (tertiary/aromatic N) is 2. The molecule has 1 heterocycles. The molecule has 0 aliphatic rings. The number of hydrogen-bond donors (Lipinski definition) is 1. The SMILES string of the molecule is CN(C)c1c([C@@H](O)C(F)(F)F)cnc2c(-c3cc(Cl)cc(Cl)c3)cccc12. The molecule has 0 fully saturated rings. The molecule has 1 N–H and O–H groups in total. The predicted octanol–water partition coefficient (Wildman–Crippen LogP) is 5.87. The minimum absolute atomic E-state index is 0.250. The van der Waals surface area contributed by atoms with Crippen LogP contribution in [0, 0.1) is 0 Å². The summed E-state index contributed by atoms with van der Waals surface area (Å²) < 4.78 is 39.3. The third-order valence-corrected chi connectivity index (χ3v) is 4.56. The quantitative estimate of drug-likeness (QED) is 0.581. The highest BCUT2D eigenvalue weighted by molar-refractivity contribution is 6.35. The zero-order valence-corrected chi connectivity index (χ0v) is 15.9. The molecule has 2 aromatic carbocycles. The Morgan fingerprint density at radius 2 is 1.70 bits per heavy atom. The summed E-state index contributed by atoms with van der Waals surface area (Å²) in [6.07, 6.45) is -6.36. The summed E-state index contributed by atoms with van der Waals surface area (Å²) in [5, 5.41) is 11.1. The number of alkyl halides is 3. The second-order valence-corrected chi connectivity index (χ2v) is 7.13. The highest BCUT2D eigenvalue weighted by Crippen LogP contribution is 2.41. The van der Waals surface area contributed by atoms with Crippen molar-refractivity contribution in [3.63, 3.8) is 0 Å². The molecule has 0 saturated carbocycles. The Morgan fingerprint density at radius 1 is 1.07 bits per heavy atom. The molecule has 0 saturated heterocycles. The first-order valence-corrected chi connectivity index (χ1v) is 8.65. The number of para-hydroxylation sites is 1. The molecule has 3 aromatic rings. The van der Waals surface area contributed by atoms with E-state index in [4.69, 9.17) is 23.2 Å². The maximum Gasteiger partial charge on any atom is 0.418 e. The lowest BCUT2D eigenvalue weighted by molar-refractivity contribution is -0.206. The van der Waals surface area contributed by atoms with Crippen LogP contribution in [0.15, 0.2) is 42.6 Å². The molecule has 8 heteroatoms. The lowest BCUT2D eigenvalue weighted by Gasteiger charge is -2.24. The Morgan fingerprint density at radius 3 is 2.26 bits per heavy atom. The van der Waals surface area contributed by atoms with E-state index < -0.39 is 12.3 Å². The van der Waals surface area contributed by atoms with Crippen LogP contribution >= 0.6 is 23.2 Å². The van der Waals surface area contributed by atoms with Gasteiger partial charge in [0, 0.05) is 46.9 Å². The third-order valence-electron chi connectivity index (χ3n) is 4.12. The fourth-order valence-electron chi connectivity index (χ4n) is 3.04. The van der Waals surface area contributed by atoms with Gasteiger partial charge in [-0.1, -0.05) is 41.4 Å². The molecule has 1 aromatic heterocycles. The van der Waals surface area contributed by atoms with Crippen molar-refractivity contribution in [1.82, 2.24) is 4.98 Å². The Kier molecular flexibility index (Phi) is 5.25. The van der Waals surface area contributed by atoms with E-state index in [0.717, 1.165) is 6.20 Å². The molecule has 3 rings (SSSR count). The second kappa shape index (κ2) is 7.19. The molecule has 0 spiro atoms. The number of halogens is 5. The van der Waals surface area contributed by atoms with Crippen molar-refractivity contribution in [2.24, 2.45) is 0 Å². The number of rotatable bonds is 3. The van der Waals surface area contributed by atoms with Gasteiger partial charge in [0.1, 0.15) is 0 Å². The number of aromatic nitrogens is 1. The Balaban J connectivity index is 2.31. The summed E-state index contributed by atoms with van der Waals surface area (Å²) in [6, 6.07) is 10.2. The summed E-state index contributed by atoms with van der Waals surface area (Å²) in [5.41, 5.74) is 1.80. The van der Waals surface area contributed by atoms with Gasteiger partial charge in [0.05, 0.1) is 11.2 Å². The number of hydrogen-bond acceptors (Lipinski definition) is 3. The van der Waals surface area contributed by atoms with E-state index in [-0.39, 0.29) is 11.3 Å². The Bertz CT molecular complexity index is 986. The fourth-order valence-corrected chi connectivity index (χ4v) is 3.57. The van der Waals surface area contributed by atoms with Crippen LogP contribution in [-0.2, 0) is 0 Å². The maximum atomic E-state index is 13.1. The third kappa shape index (κ3) is 3.83. The molecule has 1 atom stereocenters. The molecule has 27 heavy (non-hydrogen) atoms. The topological polar surface area (TPSA) is 36.4 Å². The molecule has 142 valence electrons. The van der Waals surface area contributed by atoms with Crippen LogP contribution in [0.25, 0.3) is 22.0 Å². The fraction of sp³-hybridized carbons (Fsp3) is 0.211. The summed E-state index contributed by atoms with van der Waals surface area (Å²) in [6.45, 7) is 0. The van der Waals surface area contributed by atoms with Gasteiger partial charge in [-0.15, -0.1) is 0 Å². The van der Waals surface area contributed by atoms with Gasteiger partial charge < -0.3 is 10.0 Å². The number of fused-ring (bicyclic) bond motifs is 1. The second-order valence-electron chi connectivity index (χ2n) is 6.26. The molecule has 0 aliphatic carbocycles. The average molecular weight is 415 g/mol. The molecular formula is C19H15Cl2F3N2O. The molecule has 0 radical (unpaired) electrons. The summed E-state index contributed by atoms with van der Waals surface area (Å²) in [4.78, 5) is 5.75. The Hall–Kier alpha value is -2.02. The van der Waals surface area contributed by atoms with Crippen LogP contribution in [-0.4, -0.2) is 30.4 Å². The highest BCUT2D eigenvalue weighted by Gasteiger charge is 2.41. The largest absolute Gasteiger partial charge is 0.418 e. The van der Waals surface area contributed by atoms with Gasteiger partial charge in [-0.3, -0.25) is 4.98 Å². The van der Waals surface area contributed by atoms with Crippen molar-refractivity contribution in [1.29, 1.82) is 0 Å². The first-order chi connectivity index (χ1) is 12.6. The van der Waals surface area contributed by atoms with E-state index in [2.05, 4.69) is 4.98 Å². The average Bonchev–Trinajstić information content (AvgIpc) is 2.57. The number of aliphatic hydroxyl groups excluding tert-OH is 1. The zero-order chi connectivity index (χ0) is 19.9. The van der Waals surface area contributed by atoms with Gasteiger partial charge in [0.2, 0.25) is 0 Å². The lowest BCUT2D eigenvalue weighted by Crippen LogP contribution is -2.23. The zero-order valence-electron chi connectivity index (χ0n) is 14.4. The van der Waals surface area contributed by atoms with E-state index in [1.807, 2.05) is 0 Å². The van der Waals surface area contributed by atoms with Crippen LogP contribution in [0.4, 0.5) is 18.9 Å². The van der Waals surface area contributed by atoms with Crippen LogP contribution in [0.3, 0.4) is 0 Å². The summed E-state index contributed by atoms with van der Waals surface area (Å²) >= 11 is 12.2. The van der Waals surface area contributed by atoms with Gasteiger partial charge in [0.25, 0.3) is 0 Å². The highest BCUT2D eigenvalue weighted by atomic mass is 35.5. The van der Waals surface area contributed by atoms with Gasteiger partial charge >= 0.3 is 6.18 Å². The van der Waals surface area contributed by atoms with Crippen molar-refractivity contribution in [3.8, 4) is 11.1 Å². The van der Waals surface area contributed by atoms with Crippen LogP contribution < -0.4 is 4.90 Å². The molecular weight excluding hydrogens is 400 g/mol. The van der Waals surface area contributed by atoms with Gasteiger partial charge in [0.15, 0.2) is 6.10 Å². The van der Waals surface area contributed by atoms with Crippen LogP contribution in [0.2, 0.25) is 10.0 Å². The Labute approximate surface area is 164 Å². The lowest BCUT2D eigenvalue weighted by atomic mass is 9.98. The van der Waals surface area contributed by atoms with E-state index in [1.165, 1.54) is 4.90 Å². The molecule has 0 bridgehead atoms. The minimum Gasteiger partial charge on any atom is -0.379 e. The minimum atomic E-state index is -4.79. The van der Waals surface area contributed by atoms with Crippen molar-refractivity contribution >= 4 is 39.8 Å². The first-order valence-electron chi connectivity index (χ1n) is 7.90. The summed E-state index contributed by atoms with van der Waals surface area (Å²) in [7, 11) is 3.23. The smallest absolute Gasteiger partial charge is 0.379 e. The van der Waals surface area contributed by atoms with E-state index in [1.54, 1.807) is 50.5 Å².